The van der Waals surface area contributed by atoms with Crippen molar-refractivity contribution >= 4 is 21.8 Å². The van der Waals surface area contributed by atoms with Crippen molar-refractivity contribution in [2.45, 2.75) is 0 Å². The Kier molecular flexibility index (Phi) is 5.96. The van der Waals surface area contributed by atoms with Crippen LogP contribution in [0.5, 0.6) is 11.5 Å². The van der Waals surface area contributed by atoms with Gasteiger partial charge in [-0.1, -0.05) is 55.1 Å². The van der Waals surface area contributed by atoms with Gasteiger partial charge in [0, 0.05) is 5.69 Å². The van der Waals surface area contributed by atoms with Gasteiger partial charge in [0.05, 0.1) is 5.75 Å². The minimum absolute atomic E-state index is 0.131. The Hall–Kier alpha value is -3.31. The van der Waals surface area contributed by atoms with Crippen LogP contribution >= 0.6 is 0 Å². The molecule has 0 heterocycles. The Morgan fingerprint density at radius 3 is 1.79 bits per heavy atom. The van der Waals surface area contributed by atoms with Crippen molar-refractivity contribution in [2.75, 3.05) is 10.5 Å². The predicted molar refractivity (Wildman–Crippen MR) is 116 cm³/mol. The van der Waals surface area contributed by atoms with E-state index in [2.05, 4.69) is 30.0 Å². The molecular formula is C23H21NO3S. The molecule has 3 rings (SSSR count). The van der Waals surface area contributed by atoms with Crippen molar-refractivity contribution in [1.29, 1.82) is 0 Å². The number of nitrogens with one attached hydrogen (secondary N) is 1. The molecule has 0 aromatic heterocycles. The van der Waals surface area contributed by atoms with Gasteiger partial charge < -0.3 is 4.74 Å². The summed E-state index contributed by atoms with van der Waals surface area (Å²) in [6.45, 7) is 7.20. The van der Waals surface area contributed by atoms with Crippen LogP contribution in [-0.2, 0) is 10.0 Å². The van der Waals surface area contributed by atoms with Crippen LogP contribution in [0, 0.1) is 0 Å². The van der Waals surface area contributed by atoms with Crippen LogP contribution in [-0.4, -0.2) is 14.2 Å². The summed E-state index contributed by atoms with van der Waals surface area (Å²) < 4.78 is 31.8. The lowest BCUT2D eigenvalue weighted by atomic mass is 10.0. The number of ether oxygens (including phenoxy) is 1. The van der Waals surface area contributed by atoms with Gasteiger partial charge in [-0.2, -0.15) is 0 Å². The summed E-state index contributed by atoms with van der Waals surface area (Å²) in [7, 11) is -3.41. The molecule has 0 unspecified atom stereocenters. The second-order valence-corrected chi connectivity index (χ2v) is 7.92. The van der Waals surface area contributed by atoms with Crippen LogP contribution < -0.4 is 9.46 Å². The van der Waals surface area contributed by atoms with Crippen LogP contribution in [0.25, 0.3) is 17.2 Å². The van der Waals surface area contributed by atoms with E-state index < -0.39 is 10.0 Å². The number of rotatable bonds is 8. The first kappa shape index (κ1) is 19.5. The Labute approximate surface area is 165 Å². The molecule has 142 valence electrons. The Bertz CT molecular complexity index is 1050. The molecule has 0 atom stereocenters. The van der Waals surface area contributed by atoms with E-state index in [0.717, 1.165) is 16.7 Å². The zero-order chi connectivity index (χ0) is 20.0. The third kappa shape index (κ3) is 5.11. The fourth-order valence-electron chi connectivity index (χ4n) is 2.63. The van der Waals surface area contributed by atoms with Crippen LogP contribution in [0.2, 0.25) is 0 Å². The van der Waals surface area contributed by atoms with E-state index in [1.54, 1.807) is 24.3 Å². The smallest absolute Gasteiger partial charge is 0.236 e. The summed E-state index contributed by atoms with van der Waals surface area (Å²) in [4.78, 5) is 0. The minimum Gasteiger partial charge on any atom is -0.457 e. The molecule has 0 fully saturated rings. The zero-order valence-electron chi connectivity index (χ0n) is 15.3. The SMILES string of the molecule is C=CCS(=O)(=O)Nc1ccc(Oc2ccc(-c3ccc(C=C)cc3)cc2)cc1. The number of hydrogen-bond acceptors (Lipinski definition) is 3. The van der Waals surface area contributed by atoms with Crippen LogP contribution in [0.3, 0.4) is 0 Å². The molecule has 28 heavy (non-hydrogen) atoms. The van der Waals surface area contributed by atoms with Gasteiger partial charge in [-0.15, -0.1) is 6.58 Å². The first-order valence-electron chi connectivity index (χ1n) is 8.71. The molecule has 0 spiro atoms. The molecule has 0 radical (unpaired) electrons. The second-order valence-electron chi connectivity index (χ2n) is 6.15. The molecule has 3 aromatic rings. The molecule has 5 heteroatoms. The molecular weight excluding hydrogens is 370 g/mol. The third-order valence-electron chi connectivity index (χ3n) is 4.03. The number of hydrogen-bond donors (Lipinski definition) is 1. The maximum absolute atomic E-state index is 11.7. The quantitative estimate of drug-likeness (QED) is 0.500. The number of anilines is 1. The van der Waals surface area contributed by atoms with Crippen molar-refractivity contribution in [3.63, 3.8) is 0 Å². The number of benzene rings is 3. The molecule has 0 amide bonds. The lowest BCUT2D eigenvalue weighted by Gasteiger charge is -2.09. The van der Waals surface area contributed by atoms with Crippen LogP contribution in [0.4, 0.5) is 5.69 Å². The molecule has 0 aliphatic heterocycles. The van der Waals surface area contributed by atoms with E-state index in [-0.39, 0.29) is 5.75 Å². The Balaban J connectivity index is 1.66. The molecule has 0 aliphatic carbocycles. The molecule has 0 saturated heterocycles. The Morgan fingerprint density at radius 1 is 0.786 bits per heavy atom. The van der Waals surface area contributed by atoms with E-state index in [0.29, 0.717) is 17.2 Å². The lowest BCUT2D eigenvalue weighted by molar-refractivity contribution is 0.483. The van der Waals surface area contributed by atoms with Crippen molar-refractivity contribution < 1.29 is 13.2 Å². The summed E-state index contributed by atoms with van der Waals surface area (Å²) in [6, 6.07) is 22.7. The fraction of sp³-hybridized carbons (Fsp3) is 0.0435. The summed E-state index contributed by atoms with van der Waals surface area (Å²) in [5.74, 6) is 1.19. The highest BCUT2D eigenvalue weighted by Crippen LogP contribution is 2.27. The summed E-state index contributed by atoms with van der Waals surface area (Å²) in [6.07, 6.45) is 3.16. The van der Waals surface area contributed by atoms with Gasteiger partial charge in [0.2, 0.25) is 10.0 Å². The maximum Gasteiger partial charge on any atom is 0.236 e. The molecule has 3 aromatic carbocycles. The summed E-state index contributed by atoms with van der Waals surface area (Å²) in [5, 5.41) is 0. The van der Waals surface area contributed by atoms with Gasteiger partial charge in [0.1, 0.15) is 11.5 Å². The second kappa shape index (κ2) is 8.59. The highest BCUT2D eigenvalue weighted by molar-refractivity contribution is 7.92. The average Bonchev–Trinajstić information content (AvgIpc) is 2.70. The Morgan fingerprint density at radius 2 is 1.29 bits per heavy atom. The van der Waals surface area contributed by atoms with E-state index in [4.69, 9.17) is 4.74 Å². The fourth-order valence-corrected chi connectivity index (χ4v) is 3.52. The van der Waals surface area contributed by atoms with Crippen LogP contribution in [0.1, 0.15) is 5.56 Å². The first-order chi connectivity index (χ1) is 13.5. The van der Waals surface area contributed by atoms with Crippen molar-refractivity contribution in [1.82, 2.24) is 0 Å². The van der Waals surface area contributed by atoms with E-state index >= 15 is 0 Å². The van der Waals surface area contributed by atoms with E-state index in [1.807, 2.05) is 42.5 Å². The monoisotopic (exact) mass is 391 g/mol. The van der Waals surface area contributed by atoms with Gasteiger partial charge in [-0.05, 0) is 53.1 Å². The average molecular weight is 391 g/mol. The topological polar surface area (TPSA) is 55.4 Å². The van der Waals surface area contributed by atoms with Gasteiger partial charge >= 0.3 is 0 Å². The lowest BCUT2D eigenvalue weighted by Crippen LogP contribution is -2.14. The number of sulfonamides is 1. The highest BCUT2D eigenvalue weighted by atomic mass is 32.2. The van der Waals surface area contributed by atoms with Gasteiger partial charge in [0.25, 0.3) is 0 Å². The van der Waals surface area contributed by atoms with Gasteiger partial charge in [-0.25, -0.2) is 8.42 Å². The molecule has 0 aliphatic rings. The minimum atomic E-state index is -3.41. The van der Waals surface area contributed by atoms with Crippen molar-refractivity contribution in [3.8, 4) is 22.6 Å². The van der Waals surface area contributed by atoms with E-state index in [1.165, 1.54) is 6.08 Å². The van der Waals surface area contributed by atoms with Crippen molar-refractivity contribution in [2.24, 2.45) is 0 Å². The highest BCUT2D eigenvalue weighted by Gasteiger charge is 2.08. The zero-order valence-corrected chi connectivity index (χ0v) is 16.2. The summed E-state index contributed by atoms with van der Waals surface area (Å²) in [5.41, 5.74) is 3.77. The largest absolute Gasteiger partial charge is 0.457 e. The predicted octanol–water partition coefficient (Wildman–Crippen LogP) is 5.72. The molecule has 4 nitrogen and oxygen atoms in total. The maximum atomic E-state index is 11.7. The molecule has 0 bridgehead atoms. The normalized spacial score (nSPS) is 10.9. The van der Waals surface area contributed by atoms with Gasteiger partial charge in [0.15, 0.2) is 0 Å². The van der Waals surface area contributed by atoms with Gasteiger partial charge in [-0.3, -0.25) is 4.72 Å². The first-order valence-corrected chi connectivity index (χ1v) is 10.4. The van der Waals surface area contributed by atoms with Crippen molar-refractivity contribution in [3.05, 3.63) is 97.6 Å². The third-order valence-corrected chi connectivity index (χ3v) is 5.26. The molecule has 1 N–H and O–H groups in total. The molecule has 0 saturated carbocycles. The van der Waals surface area contributed by atoms with E-state index in [9.17, 15) is 8.42 Å². The van der Waals surface area contributed by atoms with Crippen LogP contribution in [0.15, 0.2) is 92.0 Å². The summed E-state index contributed by atoms with van der Waals surface area (Å²) >= 11 is 0. The standard InChI is InChI=1S/C23H21NO3S/c1-3-17-28(25,26)24-21-11-15-23(16-12-21)27-22-13-9-20(10-14-22)19-7-5-18(4-2)6-8-19/h3-16,24H,1-2,17H2.